The molecule has 7 heteroatoms. The normalized spacial score (nSPS) is 16.1. The molecule has 1 fully saturated rings. The average Bonchev–Trinajstić information content (AvgIpc) is 2.46. The van der Waals surface area contributed by atoms with E-state index in [4.69, 9.17) is 9.47 Å². The maximum atomic E-state index is 12.1. The van der Waals surface area contributed by atoms with Crippen molar-refractivity contribution in [2.75, 3.05) is 19.4 Å². The number of benzene rings is 1. The van der Waals surface area contributed by atoms with E-state index in [0.29, 0.717) is 16.8 Å². The predicted octanol–water partition coefficient (Wildman–Crippen LogP) is 1.83. The summed E-state index contributed by atoms with van der Waals surface area (Å²) in [7, 11) is 3.33. The first kappa shape index (κ1) is 17.5. The number of anilines is 1. The summed E-state index contributed by atoms with van der Waals surface area (Å²) in [5.41, 5.74) is 1.59. The number of hydrogen-bond donors (Lipinski definition) is 1. The van der Waals surface area contributed by atoms with Crippen LogP contribution in [0.25, 0.3) is 0 Å². The minimum absolute atomic E-state index is 0.137. The van der Waals surface area contributed by atoms with E-state index in [0.717, 1.165) is 0 Å². The first-order chi connectivity index (χ1) is 11.1. The van der Waals surface area contributed by atoms with Crippen LogP contribution in [0.5, 0.6) is 0 Å². The zero-order valence-electron chi connectivity index (χ0n) is 14.3. The second-order valence-corrected chi connectivity index (χ2v) is 6.06. The molecule has 1 heterocycles. The highest BCUT2D eigenvalue weighted by atomic mass is 16.7. The van der Waals surface area contributed by atoms with Gasteiger partial charge in [-0.15, -0.1) is 0 Å². The Morgan fingerprint density at radius 1 is 1.17 bits per heavy atom. The number of amides is 1. The van der Waals surface area contributed by atoms with Gasteiger partial charge in [0, 0.05) is 45.4 Å². The van der Waals surface area contributed by atoms with Crippen molar-refractivity contribution >= 4 is 23.5 Å². The van der Waals surface area contributed by atoms with Gasteiger partial charge in [-0.1, -0.05) is 6.07 Å². The number of carbonyl (C=O) groups excluding carboxylic acids is 3. The summed E-state index contributed by atoms with van der Waals surface area (Å²) in [6.45, 7) is 4.74. The number of nitrogens with one attached hydrogen (secondary N) is 1. The monoisotopic (exact) mass is 332 g/mol. The Hall–Kier alpha value is -2.83. The van der Waals surface area contributed by atoms with E-state index < -0.39 is 17.7 Å². The summed E-state index contributed by atoms with van der Waals surface area (Å²) in [4.78, 5) is 37.4. The van der Waals surface area contributed by atoms with Crippen molar-refractivity contribution in [1.82, 2.24) is 4.90 Å². The zero-order valence-corrected chi connectivity index (χ0v) is 14.3. The number of nitrogens with zero attached hydrogens (tertiary/aromatic N) is 1. The Morgan fingerprint density at radius 3 is 2.29 bits per heavy atom. The first-order valence-corrected chi connectivity index (χ1v) is 7.37. The van der Waals surface area contributed by atoms with Gasteiger partial charge in [-0.2, -0.15) is 0 Å². The maximum Gasteiger partial charge on any atom is 0.350 e. The Morgan fingerprint density at radius 2 is 1.75 bits per heavy atom. The standard InChI is InChI=1S/C17H20N2O5/c1-10-11(14(20)19(4)5)7-6-8-13(10)18-9-12-15(21)23-17(2,3)24-16(12)22/h6-9,18H,1-5H3. The average molecular weight is 332 g/mol. The van der Waals surface area contributed by atoms with Crippen molar-refractivity contribution in [3.05, 3.63) is 41.1 Å². The topological polar surface area (TPSA) is 84.9 Å². The fourth-order valence-electron chi connectivity index (χ4n) is 2.19. The summed E-state index contributed by atoms with van der Waals surface area (Å²) in [6, 6.07) is 5.16. The number of cyclic esters (lactones) is 2. The van der Waals surface area contributed by atoms with Crippen molar-refractivity contribution in [3.8, 4) is 0 Å². The molecule has 0 atom stereocenters. The Bertz CT molecular complexity index is 712. The molecule has 0 saturated carbocycles. The van der Waals surface area contributed by atoms with Crippen LogP contribution in [0.15, 0.2) is 30.0 Å². The molecule has 0 aliphatic carbocycles. The molecule has 0 radical (unpaired) electrons. The second kappa shape index (κ2) is 6.35. The lowest BCUT2D eigenvalue weighted by Gasteiger charge is -2.29. The molecule has 1 N–H and O–H groups in total. The minimum atomic E-state index is -1.28. The Labute approximate surface area is 140 Å². The molecule has 0 spiro atoms. The van der Waals surface area contributed by atoms with Gasteiger partial charge < -0.3 is 19.7 Å². The van der Waals surface area contributed by atoms with Crippen molar-refractivity contribution in [1.29, 1.82) is 0 Å². The smallest absolute Gasteiger partial charge is 0.350 e. The molecule has 1 aliphatic rings. The number of hydrogen-bond acceptors (Lipinski definition) is 6. The summed E-state index contributed by atoms with van der Waals surface area (Å²) in [5.74, 6) is -2.94. The predicted molar refractivity (Wildman–Crippen MR) is 87.2 cm³/mol. The lowest BCUT2D eigenvalue weighted by Crippen LogP contribution is -2.42. The van der Waals surface area contributed by atoms with Gasteiger partial charge in [0.1, 0.15) is 0 Å². The van der Waals surface area contributed by atoms with Gasteiger partial charge >= 0.3 is 11.9 Å². The summed E-state index contributed by atoms with van der Waals surface area (Å²) >= 11 is 0. The highest BCUT2D eigenvalue weighted by molar-refractivity contribution is 6.15. The van der Waals surface area contributed by atoms with Crippen LogP contribution in [0.1, 0.15) is 29.8 Å². The van der Waals surface area contributed by atoms with E-state index in [-0.39, 0.29) is 11.5 Å². The maximum absolute atomic E-state index is 12.1. The van der Waals surface area contributed by atoms with Crippen LogP contribution in [0.4, 0.5) is 5.69 Å². The van der Waals surface area contributed by atoms with E-state index in [1.165, 1.54) is 24.9 Å². The Balaban J connectivity index is 2.26. The van der Waals surface area contributed by atoms with Gasteiger partial charge in [-0.25, -0.2) is 9.59 Å². The summed E-state index contributed by atoms with van der Waals surface area (Å²) < 4.78 is 10.0. The van der Waals surface area contributed by atoms with Crippen LogP contribution in [-0.2, 0) is 19.1 Å². The number of rotatable bonds is 3. The molecule has 0 aromatic heterocycles. The fourth-order valence-corrected chi connectivity index (χ4v) is 2.19. The van der Waals surface area contributed by atoms with Gasteiger partial charge in [0.15, 0.2) is 5.57 Å². The minimum Gasteiger partial charge on any atom is -0.419 e. The molecule has 0 unspecified atom stereocenters. The van der Waals surface area contributed by atoms with E-state index in [9.17, 15) is 14.4 Å². The third-order valence-electron chi connectivity index (χ3n) is 3.46. The van der Waals surface area contributed by atoms with Crippen LogP contribution in [0, 0.1) is 6.92 Å². The molecule has 1 aromatic rings. The molecular formula is C17H20N2O5. The van der Waals surface area contributed by atoms with Gasteiger partial charge in [0.25, 0.3) is 11.7 Å². The number of carbonyl (C=O) groups is 3. The van der Waals surface area contributed by atoms with Crippen molar-refractivity contribution < 1.29 is 23.9 Å². The third kappa shape index (κ3) is 3.56. The van der Waals surface area contributed by atoms with E-state index >= 15 is 0 Å². The van der Waals surface area contributed by atoms with Crippen molar-refractivity contribution in [2.24, 2.45) is 0 Å². The highest BCUT2D eigenvalue weighted by Crippen LogP contribution is 2.24. The van der Waals surface area contributed by atoms with E-state index in [2.05, 4.69) is 5.32 Å². The quantitative estimate of drug-likeness (QED) is 0.516. The third-order valence-corrected chi connectivity index (χ3v) is 3.46. The molecule has 128 valence electrons. The largest absolute Gasteiger partial charge is 0.419 e. The molecule has 2 rings (SSSR count). The van der Waals surface area contributed by atoms with Gasteiger partial charge in [-0.05, 0) is 24.6 Å². The molecule has 1 aromatic carbocycles. The van der Waals surface area contributed by atoms with Crippen molar-refractivity contribution in [3.63, 3.8) is 0 Å². The molecule has 24 heavy (non-hydrogen) atoms. The molecule has 0 bridgehead atoms. The summed E-state index contributed by atoms with van der Waals surface area (Å²) in [5, 5.41) is 2.87. The molecular weight excluding hydrogens is 312 g/mol. The second-order valence-electron chi connectivity index (χ2n) is 6.06. The lowest BCUT2D eigenvalue weighted by atomic mass is 10.1. The fraction of sp³-hybridized carbons (Fsp3) is 0.353. The molecule has 1 aliphatic heterocycles. The summed E-state index contributed by atoms with van der Waals surface area (Å²) in [6.07, 6.45) is 1.23. The van der Waals surface area contributed by atoms with Gasteiger partial charge in [0.05, 0.1) is 0 Å². The number of ether oxygens (including phenoxy) is 2. The van der Waals surface area contributed by atoms with Gasteiger partial charge in [-0.3, -0.25) is 4.79 Å². The first-order valence-electron chi connectivity index (χ1n) is 7.37. The molecule has 7 nitrogen and oxygen atoms in total. The van der Waals surface area contributed by atoms with E-state index in [1.54, 1.807) is 39.2 Å². The zero-order chi connectivity index (χ0) is 18.1. The number of esters is 2. The molecule has 1 saturated heterocycles. The lowest BCUT2D eigenvalue weighted by molar-refractivity contribution is -0.222. The van der Waals surface area contributed by atoms with Crippen LogP contribution in [0.3, 0.4) is 0 Å². The van der Waals surface area contributed by atoms with Crippen LogP contribution >= 0.6 is 0 Å². The van der Waals surface area contributed by atoms with Crippen molar-refractivity contribution in [2.45, 2.75) is 26.6 Å². The molecule has 1 amide bonds. The highest BCUT2D eigenvalue weighted by Gasteiger charge is 2.38. The van der Waals surface area contributed by atoms with Crippen LogP contribution in [-0.4, -0.2) is 42.6 Å². The van der Waals surface area contributed by atoms with Crippen LogP contribution < -0.4 is 5.32 Å². The SMILES string of the molecule is Cc1c(NC=C2C(=O)OC(C)(C)OC2=O)cccc1C(=O)N(C)C. The Kier molecular flexibility index (Phi) is 4.64. The van der Waals surface area contributed by atoms with E-state index in [1.807, 2.05) is 0 Å². The van der Waals surface area contributed by atoms with Crippen LogP contribution in [0.2, 0.25) is 0 Å². The van der Waals surface area contributed by atoms with Gasteiger partial charge in [0.2, 0.25) is 0 Å².